The van der Waals surface area contributed by atoms with Gasteiger partial charge < -0.3 is 4.74 Å². The van der Waals surface area contributed by atoms with E-state index in [1.807, 2.05) is 30.3 Å². The average Bonchev–Trinajstić information content (AvgIpc) is 2.65. The quantitative estimate of drug-likeness (QED) is 0.690. The predicted molar refractivity (Wildman–Crippen MR) is 53.5 cm³/mol. The van der Waals surface area contributed by atoms with E-state index in [0.717, 1.165) is 11.3 Å². The van der Waals surface area contributed by atoms with E-state index in [9.17, 15) is 4.79 Å². The Morgan fingerprint density at radius 3 is 2.93 bits per heavy atom. The molecule has 0 aromatic rings. The Balaban J connectivity index is 2.43. The molecule has 0 fully saturated rings. The molecule has 1 aliphatic carbocycles. The number of carbonyl (C=O) groups excluding carboxylic acids is 1. The van der Waals surface area contributed by atoms with Gasteiger partial charge >= 0.3 is 6.09 Å². The lowest BCUT2D eigenvalue weighted by atomic mass is 10.2. The first-order valence-electron chi connectivity index (χ1n) is 4.56. The molecular weight excluding hydrogens is 178 g/mol. The monoisotopic (exact) mass is 189 g/mol. The van der Waals surface area contributed by atoms with E-state index in [1.165, 1.54) is 4.57 Å². The normalized spacial score (nSPS) is 10.4. The maximum atomic E-state index is 11.5. The van der Waals surface area contributed by atoms with Gasteiger partial charge in [0.15, 0.2) is 0 Å². The Morgan fingerprint density at radius 1 is 1.36 bits per heavy atom. The topological polar surface area (TPSA) is 31.2 Å². The van der Waals surface area contributed by atoms with E-state index in [4.69, 9.17) is 4.74 Å². The van der Waals surface area contributed by atoms with Gasteiger partial charge in [0.05, 0.1) is 12.3 Å². The van der Waals surface area contributed by atoms with Gasteiger partial charge in [0.1, 0.15) is 0 Å². The van der Waals surface area contributed by atoms with Crippen LogP contribution < -0.4 is 0 Å². The molecule has 1 aliphatic heterocycles. The molecule has 0 unspecified atom stereocenters. The van der Waals surface area contributed by atoms with Crippen molar-refractivity contribution in [3.8, 4) is 11.3 Å². The van der Waals surface area contributed by atoms with Crippen LogP contribution in [0.15, 0.2) is 36.5 Å². The van der Waals surface area contributed by atoms with E-state index in [-0.39, 0.29) is 6.09 Å². The Bertz CT molecular complexity index is 419. The molecule has 0 aromatic heterocycles. The zero-order valence-electron chi connectivity index (χ0n) is 7.93. The van der Waals surface area contributed by atoms with E-state index < -0.39 is 0 Å². The number of hydrogen-bond donors (Lipinski definition) is 0. The van der Waals surface area contributed by atoms with Crippen molar-refractivity contribution in [1.29, 1.82) is 0 Å². The molecule has 0 atom stereocenters. The molecule has 0 spiro atoms. The third-order valence-electron chi connectivity index (χ3n) is 2.06. The van der Waals surface area contributed by atoms with Crippen LogP contribution in [-0.4, -0.2) is 17.3 Å². The number of rotatable bonds is 1. The Hall–Kier alpha value is -1.77. The SMILES string of the molecule is CCOC(=O)n1cccc2cccc1-2. The molecule has 3 nitrogen and oxygen atoms in total. The summed E-state index contributed by atoms with van der Waals surface area (Å²) < 4.78 is 6.44. The van der Waals surface area contributed by atoms with Crippen LogP contribution in [0.1, 0.15) is 6.92 Å². The van der Waals surface area contributed by atoms with Gasteiger partial charge in [-0.15, -0.1) is 0 Å². The molecule has 2 aliphatic rings. The summed E-state index contributed by atoms with van der Waals surface area (Å²) >= 11 is 0. The van der Waals surface area contributed by atoms with Gasteiger partial charge in [-0.25, -0.2) is 4.79 Å². The van der Waals surface area contributed by atoms with Gasteiger partial charge in [0, 0.05) is 6.20 Å². The molecule has 0 saturated carbocycles. The van der Waals surface area contributed by atoms with Gasteiger partial charge in [-0.05, 0) is 24.6 Å². The number of pyridine rings is 1. The maximum Gasteiger partial charge on any atom is 0.418 e. The summed E-state index contributed by atoms with van der Waals surface area (Å²) in [5, 5.41) is 0. The number of fused-ring (bicyclic) bond motifs is 1. The largest absolute Gasteiger partial charge is 0.449 e. The molecule has 0 N–H and O–H groups in total. The highest BCUT2D eigenvalue weighted by Crippen LogP contribution is 2.22. The molecule has 14 heavy (non-hydrogen) atoms. The van der Waals surface area contributed by atoms with Gasteiger partial charge in [-0.2, -0.15) is 0 Å². The smallest absolute Gasteiger partial charge is 0.418 e. The van der Waals surface area contributed by atoms with E-state index in [0.29, 0.717) is 6.61 Å². The van der Waals surface area contributed by atoms with Crippen molar-refractivity contribution in [3.63, 3.8) is 0 Å². The van der Waals surface area contributed by atoms with Gasteiger partial charge in [-0.1, -0.05) is 18.2 Å². The fourth-order valence-corrected chi connectivity index (χ4v) is 1.45. The Kier molecular flexibility index (Phi) is 2.23. The first kappa shape index (κ1) is 8.81. The van der Waals surface area contributed by atoms with Crippen LogP contribution in [0.25, 0.3) is 11.3 Å². The molecule has 0 radical (unpaired) electrons. The van der Waals surface area contributed by atoms with Gasteiger partial charge in [0.2, 0.25) is 0 Å². The van der Waals surface area contributed by atoms with Crippen molar-refractivity contribution in [2.24, 2.45) is 0 Å². The summed E-state index contributed by atoms with van der Waals surface area (Å²) in [5.41, 5.74) is 1.92. The molecule has 0 bridgehead atoms. The molecular formula is C11H11NO2. The minimum Gasteiger partial charge on any atom is -0.449 e. The van der Waals surface area contributed by atoms with Crippen molar-refractivity contribution >= 4 is 6.09 Å². The van der Waals surface area contributed by atoms with Crippen LogP contribution in [0.2, 0.25) is 0 Å². The zero-order chi connectivity index (χ0) is 9.97. The summed E-state index contributed by atoms with van der Waals surface area (Å²) in [6.07, 6.45) is 1.38. The molecule has 0 saturated heterocycles. The van der Waals surface area contributed by atoms with Gasteiger partial charge in [0.25, 0.3) is 0 Å². The predicted octanol–water partition coefficient (Wildman–Crippen LogP) is 2.60. The molecule has 0 amide bonds. The Labute approximate surface area is 82.3 Å². The number of nitrogens with zero attached hydrogens (tertiary/aromatic N) is 1. The summed E-state index contributed by atoms with van der Waals surface area (Å²) in [4.78, 5) is 11.5. The Morgan fingerprint density at radius 2 is 2.14 bits per heavy atom. The highest BCUT2D eigenvalue weighted by molar-refractivity contribution is 5.79. The number of hydrogen-bond acceptors (Lipinski definition) is 2. The van der Waals surface area contributed by atoms with Crippen LogP contribution >= 0.6 is 0 Å². The number of carbonyl (C=O) groups is 1. The maximum absolute atomic E-state index is 11.5. The fraction of sp³-hybridized carbons (Fsp3) is 0.182. The van der Waals surface area contributed by atoms with Crippen molar-refractivity contribution in [2.45, 2.75) is 6.92 Å². The lowest BCUT2D eigenvalue weighted by Crippen LogP contribution is -2.15. The molecule has 2 rings (SSSR count). The van der Waals surface area contributed by atoms with Crippen LogP contribution in [0.3, 0.4) is 0 Å². The number of ether oxygens (including phenoxy) is 1. The van der Waals surface area contributed by atoms with Crippen LogP contribution in [0.4, 0.5) is 4.79 Å². The molecule has 3 heteroatoms. The minimum absolute atomic E-state index is 0.329. The highest BCUT2D eigenvalue weighted by Gasteiger charge is 2.11. The molecule has 1 heterocycles. The van der Waals surface area contributed by atoms with Crippen LogP contribution in [0.5, 0.6) is 0 Å². The summed E-state index contributed by atoms with van der Waals surface area (Å²) in [5.74, 6) is 0. The molecule has 0 aromatic carbocycles. The van der Waals surface area contributed by atoms with Crippen molar-refractivity contribution in [1.82, 2.24) is 4.57 Å². The first-order chi connectivity index (χ1) is 6.83. The van der Waals surface area contributed by atoms with E-state index in [1.54, 1.807) is 13.1 Å². The zero-order valence-corrected chi connectivity index (χ0v) is 7.93. The average molecular weight is 189 g/mol. The third-order valence-corrected chi connectivity index (χ3v) is 2.06. The lowest BCUT2D eigenvalue weighted by Gasteiger charge is -2.10. The second-order valence-electron chi connectivity index (χ2n) is 2.94. The van der Waals surface area contributed by atoms with E-state index in [2.05, 4.69) is 0 Å². The highest BCUT2D eigenvalue weighted by atomic mass is 16.5. The third kappa shape index (κ3) is 1.37. The lowest BCUT2D eigenvalue weighted by molar-refractivity contribution is 0.154. The standard InChI is InChI=1S/C11H11NO2/c1-2-14-11(13)12-8-4-6-9-5-3-7-10(9)12/h3-8H,2H2,1H3. The minimum atomic E-state index is -0.329. The first-order valence-corrected chi connectivity index (χ1v) is 4.56. The van der Waals surface area contributed by atoms with E-state index >= 15 is 0 Å². The van der Waals surface area contributed by atoms with Crippen LogP contribution in [-0.2, 0) is 4.74 Å². The molecule has 72 valence electrons. The summed E-state index contributed by atoms with van der Waals surface area (Å²) in [6.45, 7) is 2.19. The summed E-state index contributed by atoms with van der Waals surface area (Å²) in [7, 11) is 0. The van der Waals surface area contributed by atoms with Gasteiger partial charge in [-0.3, -0.25) is 4.57 Å². The van der Waals surface area contributed by atoms with Crippen molar-refractivity contribution in [2.75, 3.05) is 6.61 Å². The van der Waals surface area contributed by atoms with Crippen molar-refractivity contribution < 1.29 is 9.53 Å². The van der Waals surface area contributed by atoms with Crippen LogP contribution in [0, 0.1) is 0 Å². The second kappa shape index (κ2) is 3.54. The van der Waals surface area contributed by atoms with Crippen molar-refractivity contribution in [3.05, 3.63) is 36.5 Å². The summed E-state index contributed by atoms with van der Waals surface area (Å²) in [6, 6.07) is 9.57. The fourth-order valence-electron chi connectivity index (χ4n) is 1.45. The second-order valence-corrected chi connectivity index (χ2v) is 2.94. The number of aromatic nitrogens is 1.